The Bertz CT molecular complexity index is 579. The number of halogens is 3. The van der Waals surface area contributed by atoms with E-state index in [2.05, 4.69) is 0 Å². The maximum absolute atomic E-state index is 12.8. The molecule has 1 aromatic rings. The van der Waals surface area contributed by atoms with E-state index >= 15 is 0 Å². The Balaban J connectivity index is 2.00. The molecule has 1 amide bonds. The molecule has 1 heterocycles. The molecular formula is C17H23F3N2O2. The number of alkyl halides is 3. The standard InChI is InChI=1S/C17H23F3N2O2/c1-16(24,13-3-2-4-14(10-13)17(18,19)20)11-22-7-5-12(6-8-22)9-15(21)23/h2-4,10,12,24H,5-9,11H2,1H3,(H2,21,23)/t16-/m1/s1. The molecule has 24 heavy (non-hydrogen) atoms. The second kappa shape index (κ2) is 7.11. The lowest BCUT2D eigenvalue weighted by molar-refractivity contribution is -0.137. The first-order chi connectivity index (χ1) is 11.1. The lowest BCUT2D eigenvalue weighted by atomic mass is 9.90. The molecule has 1 aliphatic rings. The molecule has 0 unspecified atom stereocenters. The van der Waals surface area contributed by atoms with Gasteiger partial charge in [-0.2, -0.15) is 13.2 Å². The van der Waals surface area contributed by atoms with E-state index in [0.29, 0.717) is 19.5 Å². The number of carbonyl (C=O) groups is 1. The van der Waals surface area contributed by atoms with E-state index in [4.69, 9.17) is 5.73 Å². The van der Waals surface area contributed by atoms with Crippen molar-refractivity contribution in [2.24, 2.45) is 11.7 Å². The summed E-state index contributed by atoms with van der Waals surface area (Å²) in [6.45, 7) is 3.15. The zero-order valence-corrected chi connectivity index (χ0v) is 13.6. The Labute approximate surface area is 139 Å². The fraction of sp³-hybridized carbons (Fsp3) is 0.588. The van der Waals surface area contributed by atoms with Gasteiger partial charge in [0, 0.05) is 13.0 Å². The number of nitrogens with zero attached hydrogens (tertiary/aromatic N) is 1. The lowest BCUT2D eigenvalue weighted by Crippen LogP contribution is -2.43. The summed E-state index contributed by atoms with van der Waals surface area (Å²) >= 11 is 0. The Morgan fingerprint density at radius 1 is 1.29 bits per heavy atom. The van der Waals surface area contributed by atoms with E-state index in [1.807, 2.05) is 4.90 Å². The van der Waals surface area contributed by atoms with E-state index in [1.54, 1.807) is 0 Å². The van der Waals surface area contributed by atoms with Gasteiger partial charge in [0.25, 0.3) is 0 Å². The fourth-order valence-electron chi connectivity index (χ4n) is 3.19. The Hall–Kier alpha value is -1.60. The summed E-state index contributed by atoms with van der Waals surface area (Å²) in [6.07, 6.45) is -2.49. The number of likely N-dealkylation sites (tertiary alicyclic amines) is 1. The number of hydrogen-bond acceptors (Lipinski definition) is 3. The summed E-state index contributed by atoms with van der Waals surface area (Å²) in [5, 5.41) is 10.7. The van der Waals surface area contributed by atoms with Crippen LogP contribution in [0.15, 0.2) is 24.3 Å². The normalized spacial score (nSPS) is 19.9. The molecule has 0 aliphatic carbocycles. The minimum Gasteiger partial charge on any atom is -0.384 e. The summed E-state index contributed by atoms with van der Waals surface area (Å²) in [5.41, 5.74) is 3.31. The molecule has 4 nitrogen and oxygen atoms in total. The molecule has 1 saturated heterocycles. The SMILES string of the molecule is C[C@@](O)(CN1CCC(CC(N)=O)CC1)c1cccc(C(F)(F)F)c1. The van der Waals surface area contributed by atoms with Gasteiger partial charge < -0.3 is 15.7 Å². The van der Waals surface area contributed by atoms with Crippen molar-refractivity contribution in [1.29, 1.82) is 0 Å². The maximum atomic E-state index is 12.8. The zero-order valence-electron chi connectivity index (χ0n) is 13.6. The van der Waals surface area contributed by atoms with Crippen LogP contribution in [0.3, 0.4) is 0 Å². The quantitative estimate of drug-likeness (QED) is 0.862. The van der Waals surface area contributed by atoms with Gasteiger partial charge in [-0.1, -0.05) is 12.1 Å². The minimum atomic E-state index is -4.43. The second-order valence-corrected chi connectivity index (χ2v) is 6.74. The van der Waals surface area contributed by atoms with Crippen LogP contribution in [0.4, 0.5) is 13.2 Å². The van der Waals surface area contributed by atoms with Crippen LogP contribution in [0.1, 0.15) is 37.3 Å². The molecule has 134 valence electrons. The maximum Gasteiger partial charge on any atom is 0.416 e. The number of primary amides is 1. The number of carbonyl (C=O) groups excluding carboxylic acids is 1. The molecule has 0 radical (unpaired) electrons. The van der Waals surface area contributed by atoms with Crippen LogP contribution < -0.4 is 5.73 Å². The lowest BCUT2D eigenvalue weighted by Gasteiger charge is -2.36. The number of aliphatic hydroxyl groups is 1. The number of benzene rings is 1. The highest BCUT2D eigenvalue weighted by atomic mass is 19.4. The average molecular weight is 344 g/mol. The Kier molecular flexibility index (Phi) is 5.55. The monoisotopic (exact) mass is 344 g/mol. The van der Waals surface area contributed by atoms with Gasteiger partial charge in [-0.3, -0.25) is 4.79 Å². The highest BCUT2D eigenvalue weighted by Gasteiger charge is 2.34. The molecular weight excluding hydrogens is 321 g/mol. The predicted octanol–water partition coefficient (Wildman–Crippen LogP) is 2.50. The largest absolute Gasteiger partial charge is 0.416 e. The number of amides is 1. The fourth-order valence-corrected chi connectivity index (χ4v) is 3.19. The van der Waals surface area contributed by atoms with E-state index in [9.17, 15) is 23.1 Å². The van der Waals surface area contributed by atoms with Crippen LogP contribution in [0.5, 0.6) is 0 Å². The third-order valence-electron chi connectivity index (χ3n) is 4.54. The molecule has 1 aromatic carbocycles. The van der Waals surface area contributed by atoms with Crippen molar-refractivity contribution in [3.05, 3.63) is 35.4 Å². The average Bonchev–Trinajstić information content (AvgIpc) is 2.48. The van der Waals surface area contributed by atoms with Gasteiger partial charge in [-0.25, -0.2) is 0 Å². The summed E-state index contributed by atoms with van der Waals surface area (Å²) in [6, 6.07) is 4.82. The third-order valence-corrected chi connectivity index (χ3v) is 4.54. The number of β-amino-alcohol motifs (C(OH)–C–C–N with tert-alkyl or cyclic N) is 1. The van der Waals surface area contributed by atoms with Crippen molar-refractivity contribution >= 4 is 5.91 Å². The molecule has 0 aromatic heterocycles. The summed E-state index contributed by atoms with van der Waals surface area (Å²) in [5.74, 6) is -0.0679. The van der Waals surface area contributed by atoms with Crippen molar-refractivity contribution in [2.45, 2.75) is 38.0 Å². The van der Waals surface area contributed by atoms with Gasteiger partial charge in [0.05, 0.1) is 11.2 Å². The van der Waals surface area contributed by atoms with E-state index in [1.165, 1.54) is 19.1 Å². The van der Waals surface area contributed by atoms with E-state index in [-0.39, 0.29) is 23.9 Å². The molecule has 7 heteroatoms. The van der Waals surface area contributed by atoms with Gasteiger partial charge in [0.1, 0.15) is 0 Å². The molecule has 0 saturated carbocycles. The second-order valence-electron chi connectivity index (χ2n) is 6.74. The zero-order chi connectivity index (χ0) is 18.0. The first-order valence-corrected chi connectivity index (χ1v) is 7.99. The molecule has 0 spiro atoms. The smallest absolute Gasteiger partial charge is 0.384 e. The van der Waals surface area contributed by atoms with Crippen LogP contribution in [0.25, 0.3) is 0 Å². The minimum absolute atomic E-state index is 0.247. The van der Waals surface area contributed by atoms with Gasteiger partial charge in [-0.15, -0.1) is 0 Å². The van der Waals surface area contributed by atoms with Crippen LogP contribution >= 0.6 is 0 Å². The van der Waals surface area contributed by atoms with E-state index in [0.717, 1.165) is 25.0 Å². The molecule has 1 aliphatic heterocycles. The van der Waals surface area contributed by atoms with Gasteiger partial charge >= 0.3 is 6.18 Å². The van der Waals surface area contributed by atoms with Crippen molar-refractivity contribution in [3.8, 4) is 0 Å². The van der Waals surface area contributed by atoms with Crippen molar-refractivity contribution in [1.82, 2.24) is 4.90 Å². The topological polar surface area (TPSA) is 66.6 Å². The highest BCUT2D eigenvalue weighted by molar-refractivity contribution is 5.73. The molecule has 3 N–H and O–H groups in total. The van der Waals surface area contributed by atoms with Gasteiger partial charge in [0.2, 0.25) is 5.91 Å². The van der Waals surface area contributed by atoms with Crippen LogP contribution in [0.2, 0.25) is 0 Å². The summed E-state index contributed by atoms with van der Waals surface area (Å²) in [7, 11) is 0. The number of piperidine rings is 1. The molecule has 1 atom stereocenters. The first kappa shape index (κ1) is 18.7. The number of rotatable bonds is 5. The molecule has 1 fully saturated rings. The summed E-state index contributed by atoms with van der Waals surface area (Å²) in [4.78, 5) is 13.0. The number of hydrogen-bond donors (Lipinski definition) is 2. The highest BCUT2D eigenvalue weighted by Crippen LogP contribution is 2.33. The Morgan fingerprint density at radius 2 is 1.88 bits per heavy atom. The van der Waals surface area contributed by atoms with Crippen LogP contribution in [-0.2, 0) is 16.6 Å². The Morgan fingerprint density at radius 3 is 2.42 bits per heavy atom. The van der Waals surface area contributed by atoms with Gasteiger partial charge in [-0.05, 0) is 56.5 Å². The van der Waals surface area contributed by atoms with Crippen molar-refractivity contribution in [2.75, 3.05) is 19.6 Å². The van der Waals surface area contributed by atoms with Crippen LogP contribution in [0, 0.1) is 5.92 Å². The molecule has 2 rings (SSSR count). The van der Waals surface area contributed by atoms with Crippen LogP contribution in [-0.4, -0.2) is 35.5 Å². The third kappa shape index (κ3) is 4.95. The van der Waals surface area contributed by atoms with Crippen molar-refractivity contribution in [3.63, 3.8) is 0 Å². The first-order valence-electron chi connectivity index (χ1n) is 7.99. The number of nitrogens with two attached hydrogens (primary N) is 1. The molecule has 0 bridgehead atoms. The van der Waals surface area contributed by atoms with Gasteiger partial charge in [0.15, 0.2) is 0 Å². The summed E-state index contributed by atoms with van der Waals surface area (Å²) < 4.78 is 38.5. The van der Waals surface area contributed by atoms with Crippen molar-refractivity contribution < 1.29 is 23.1 Å². The predicted molar refractivity (Wildman–Crippen MR) is 84.0 cm³/mol. The van der Waals surface area contributed by atoms with E-state index < -0.39 is 17.3 Å².